The van der Waals surface area contributed by atoms with Gasteiger partial charge in [0.15, 0.2) is 5.78 Å². The maximum atomic E-state index is 12.7. The van der Waals surface area contributed by atoms with Gasteiger partial charge >= 0.3 is 23.2 Å². The van der Waals surface area contributed by atoms with Crippen molar-refractivity contribution >= 4 is 17.6 Å². The van der Waals surface area contributed by atoms with E-state index in [1.165, 1.54) is 24.3 Å². The maximum Gasteiger partial charge on any atom is 2.00 e. The monoisotopic (exact) mass is 509 g/mol. The topological polar surface area (TPSA) is 122 Å². The molecule has 1 unspecified atom stereocenters. The minimum absolute atomic E-state index is 0. The molecule has 34 heavy (non-hydrogen) atoms. The summed E-state index contributed by atoms with van der Waals surface area (Å²) in [6.45, 7) is 1.55. The molecule has 0 aliphatic heterocycles. The first-order valence-electron chi connectivity index (χ1n) is 10.4. The SMILES string of the molecule is CCOC(=O)N(CCO)NC(CC(=O)c1ccc([N+](=O)[O-])cc1)[C]1[CH][CH][CH][CH]1.[CH]1[CH][CH][CH][CH]1.[Fe+2]. The van der Waals surface area contributed by atoms with Crippen molar-refractivity contribution in [2.45, 2.75) is 19.4 Å². The number of carbonyl (C=O) groups excluding carboxylic acids is 2. The molecule has 1 atom stereocenters. The molecule has 10 heteroatoms. The van der Waals surface area contributed by atoms with Crippen molar-refractivity contribution in [3.63, 3.8) is 0 Å². The van der Waals surface area contributed by atoms with E-state index in [4.69, 9.17) is 4.74 Å². The quantitative estimate of drug-likeness (QED) is 0.215. The van der Waals surface area contributed by atoms with Gasteiger partial charge in [-0.2, -0.15) is 0 Å². The van der Waals surface area contributed by atoms with Crippen LogP contribution in [-0.4, -0.2) is 52.7 Å². The standard InChI is InChI=1S/C19H22N3O6.C5H5.Fe/c1-2-28-19(25)21(11-12-23)20-17(14-5-3-4-6-14)13-18(24)15-7-9-16(10-8-15)22(26)27;1-2-4-5-3-1;/h3-10,17,20,23H,2,11-13H2,1H3;1-5H;/q;;+2. The van der Waals surface area contributed by atoms with E-state index in [1.54, 1.807) is 19.8 Å². The maximum absolute atomic E-state index is 12.7. The number of nitrogens with one attached hydrogen (secondary N) is 1. The second-order valence-corrected chi connectivity index (χ2v) is 6.87. The number of carbonyl (C=O) groups is 2. The number of rotatable bonds is 10. The molecule has 2 fully saturated rings. The zero-order chi connectivity index (χ0) is 24.1. The number of nitrogens with zero attached hydrogens (tertiary/aromatic N) is 2. The minimum Gasteiger partial charge on any atom is -0.449 e. The number of hydrogen-bond acceptors (Lipinski definition) is 7. The predicted octanol–water partition coefficient (Wildman–Crippen LogP) is 2.92. The fourth-order valence-corrected chi connectivity index (χ4v) is 2.95. The number of benzene rings is 1. The summed E-state index contributed by atoms with van der Waals surface area (Å²) in [6.07, 6.45) is 16.6. The Balaban J connectivity index is 0.000000851. The van der Waals surface area contributed by atoms with Crippen molar-refractivity contribution in [1.82, 2.24) is 10.4 Å². The fraction of sp³-hybridized carbons (Fsp3) is 0.250. The molecular formula is C24H27FeN3O6+2. The Morgan fingerprint density at radius 1 is 1.06 bits per heavy atom. The molecule has 0 bridgehead atoms. The Labute approximate surface area is 212 Å². The second-order valence-electron chi connectivity index (χ2n) is 6.87. The van der Waals surface area contributed by atoms with Gasteiger partial charge in [0.25, 0.3) is 5.69 Å². The number of ether oxygens (including phenoxy) is 1. The van der Waals surface area contributed by atoms with Gasteiger partial charge in [-0.05, 0) is 76.8 Å². The van der Waals surface area contributed by atoms with Gasteiger partial charge in [0, 0.05) is 36.1 Å². The van der Waals surface area contributed by atoms with Crippen molar-refractivity contribution in [1.29, 1.82) is 0 Å². The molecule has 9 nitrogen and oxygen atoms in total. The van der Waals surface area contributed by atoms with Crippen LogP contribution in [-0.2, 0) is 21.8 Å². The summed E-state index contributed by atoms with van der Waals surface area (Å²) < 4.78 is 4.96. The van der Waals surface area contributed by atoms with E-state index in [9.17, 15) is 24.8 Å². The van der Waals surface area contributed by atoms with Gasteiger partial charge in [-0.1, -0.05) is 0 Å². The van der Waals surface area contributed by atoms with Crippen LogP contribution < -0.4 is 5.43 Å². The van der Waals surface area contributed by atoms with Gasteiger partial charge in [-0.3, -0.25) is 14.9 Å². The molecule has 2 aliphatic carbocycles. The third-order valence-corrected chi connectivity index (χ3v) is 4.56. The molecule has 1 aromatic rings. The van der Waals surface area contributed by atoms with Gasteiger partial charge < -0.3 is 9.84 Å². The molecule has 1 aromatic carbocycles. The molecule has 0 aromatic heterocycles. The zero-order valence-electron chi connectivity index (χ0n) is 18.6. The van der Waals surface area contributed by atoms with Crippen LogP contribution in [0.25, 0.3) is 0 Å². The Kier molecular flexibility index (Phi) is 14.7. The molecule has 0 saturated heterocycles. The van der Waals surface area contributed by atoms with Crippen molar-refractivity contribution in [2.75, 3.05) is 19.8 Å². The van der Waals surface area contributed by atoms with Gasteiger partial charge in [0.1, 0.15) is 0 Å². The fourth-order valence-electron chi connectivity index (χ4n) is 2.95. The molecule has 180 valence electrons. The number of non-ortho nitro benzene ring substituents is 1. The Morgan fingerprint density at radius 2 is 1.62 bits per heavy atom. The second kappa shape index (κ2) is 16.6. The number of aliphatic hydroxyl groups is 1. The van der Waals surface area contributed by atoms with Crippen molar-refractivity contribution in [2.24, 2.45) is 0 Å². The van der Waals surface area contributed by atoms with Crippen molar-refractivity contribution in [3.8, 4) is 0 Å². The van der Waals surface area contributed by atoms with Crippen LogP contribution in [0.4, 0.5) is 10.5 Å². The molecule has 10 radical (unpaired) electrons. The van der Waals surface area contributed by atoms with Crippen LogP contribution in [0.2, 0.25) is 0 Å². The summed E-state index contributed by atoms with van der Waals surface area (Å²) in [5.41, 5.74) is 3.17. The number of nitro benzene ring substituents is 1. The Bertz CT molecular complexity index is 744. The summed E-state index contributed by atoms with van der Waals surface area (Å²) in [5.74, 6) is 0.531. The third-order valence-electron chi connectivity index (χ3n) is 4.56. The van der Waals surface area contributed by atoms with Crippen molar-refractivity contribution in [3.05, 3.63) is 104 Å². The third kappa shape index (κ3) is 10.1. The molecule has 0 heterocycles. The van der Waals surface area contributed by atoms with Crippen LogP contribution >= 0.6 is 0 Å². The Hall–Kier alpha value is -2.00. The number of Topliss-reactive ketones (excluding diaryl/α,β-unsaturated/α-hetero) is 1. The number of hydrogen-bond donors (Lipinski definition) is 2. The summed E-state index contributed by atoms with van der Waals surface area (Å²) >= 11 is 0. The average molecular weight is 509 g/mol. The van der Waals surface area contributed by atoms with E-state index >= 15 is 0 Å². The van der Waals surface area contributed by atoms with Crippen LogP contribution in [0, 0.1) is 73.8 Å². The van der Waals surface area contributed by atoms with E-state index in [1.807, 2.05) is 44.9 Å². The summed E-state index contributed by atoms with van der Waals surface area (Å²) in [6, 6.07) is 4.80. The summed E-state index contributed by atoms with van der Waals surface area (Å²) in [4.78, 5) is 35.0. The number of amides is 1. The van der Waals surface area contributed by atoms with Gasteiger partial charge in [0.2, 0.25) is 0 Å². The van der Waals surface area contributed by atoms with E-state index < -0.39 is 17.1 Å². The summed E-state index contributed by atoms with van der Waals surface area (Å²) in [5, 5.41) is 21.1. The first-order valence-corrected chi connectivity index (χ1v) is 10.4. The minimum atomic E-state index is -0.657. The van der Waals surface area contributed by atoms with Gasteiger partial charge in [-0.25, -0.2) is 15.2 Å². The number of nitro groups is 1. The first kappa shape index (κ1) is 30.0. The van der Waals surface area contributed by atoms with Gasteiger partial charge in [-0.15, -0.1) is 0 Å². The first-order chi connectivity index (χ1) is 16.0. The molecule has 2 saturated carbocycles. The van der Waals surface area contributed by atoms with Crippen LogP contribution in [0.5, 0.6) is 0 Å². The summed E-state index contributed by atoms with van der Waals surface area (Å²) in [7, 11) is 0. The van der Waals surface area contributed by atoms with Gasteiger partial charge in [0.05, 0.1) is 24.7 Å². The number of hydrazine groups is 1. The molecule has 2 N–H and O–H groups in total. The van der Waals surface area contributed by atoms with E-state index in [0.717, 1.165) is 10.9 Å². The molecule has 0 spiro atoms. The van der Waals surface area contributed by atoms with E-state index in [0.29, 0.717) is 5.56 Å². The molecule has 2 aliphatic rings. The van der Waals surface area contributed by atoms with E-state index in [-0.39, 0.29) is 54.7 Å². The molecule has 1 amide bonds. The predicted molar refractivity (Wildman–Crippen MR) is 122 cm³/mol. The van der Waals surface area contributed by atoms with Crippen LogP contribution in [0.1, 0.15) is 23.7 Å². The number of ketones is 1. The molecular weight excluding hydrogens is 482 g/mol. The van der Waals surface area contributed by atoms with Crippen LogP contribution in [0.3, 0.4) is 0 Å². The van der Waals surface area contributed by atoms with E-state index in [2.05, 4.69) is 5.43 Å². The largest absolute Gasteiger partial charge is 2.00 e. The van der Waals surface area contributed by atoms with Crippen molar-refractivity contribution < 1.29 is 41.4 Å². The Morgan fingerprint density at radius 3 is 2.09 bits per heavy atom. The van der Waals surface area contributed by atoms with Crippen LogP contribution in [0.15, 0.2) is 24.3 Å². The smallest absolute Gasteiger partial charge is 0.449 e. The average Bonchev–Trinajstić information content (AvgIpc) is 3.55. The number of aliphatic hydroxyl groups excluding tert-OH is 1. The normalized spacial score (nSPS) is 16.1. The zero-order valence-corrected chi connectivity index (χ0v) is 19.8. The molecule has 3 rings (SSSR count).